The van der Waals surface area contributed by atoms with Crippen molar-refractivity contribution in [3.05, 3.63) is 60.7 Å². The summed E-state index contributed by atoms with van der Waals surface area (Å²) in [5.41, 5.74) is 0. The summed E-state index contributed by atoms with van der Waals surface area (Å²) in [6, 6.07) is 13.4. The number of benzene rings is 2. The van der Waals surface area contributed by atoms with Crippen LogP contribution in [-0.2, 0) is 19.7 Å². The van der Waals surface area contributed by atoms with E-state index < -0.39 is 45.8 Å². The summed E-state index contributed by atoms with van der Waals surface area (Å²) in [5.74, 6) is -1.57. The predicted molar refractivity (Wildman–Crippen MR) is 99.1 cm³/mol. The molecule has 2 atom stereocenters. The first-order valence-corrected chi connectivity index (χ1v) is 11.7. The Morgan fingerprint density at radius 2 is 1.19 bits per heavy atom. The maximum atomic E-state index is 16.5. The minimum Gasteiger partial charge on any atom is -0.393 e. The van der Waals surface area contributed by atoms with Crippen molar-refractivity contribution in [2.24, 2.45) is 5.92 Å². The number of sulfone groups is 2. The summed E-state index contributed by atoms with van der Waals surface area (Å²) >= 11 is 0. The first kappa shape index (κ1) is 20.0. The zero-order chi connectivity index (χ0) is 19.7. The molecule has 27 heavy (non-hydrogen) atoms. The van der Waals surface area contributed by atoms with E-state index in [-0.39, 0.29) is 12.8 Å². The summed E-state index contributed by atoms with van der Waals surface area (Å²) in [6.07, 6.45) is -0.200. The van der Waals surface area contributed by atoms with Gasteiger partial charge in [0.1, 0.15) is 0 Å². The highest BCUT2D eigenvalue weighted by molar-refractivity contribution is 8.10. The standard InChI is InChI=1S/C19H21FO5S2/c20-19(17-13-7-8-14-18(17)21,26(22,23)15-9-3-1-4-10-15)27(24,25)16-11-5-2-6-12-16/h1-6,9-12,17-18,21H,7-8,13-14H2. The fourth-order valence-electron chi connectivity index (χ4n) is 3.58. The Kier molecular flexibility index (Phi) is 5.42. The van der Waals surface area contributed by atoms with Crippen molar-refractivity contribution >= 4 is 19.7 Å². The summed E-state index contributed by atoms with van der Waals surface area (Å²) in [5, 5.41) is 10.4. The van der Waals surface area contributed by atoms with Gasteiger partial charge in [-0.15, -0.1) is 0 Å². The van der Waals surface area contributed by atoms with Crippen LogP contribution in [0.4, 0.5) is 4.39 Å². The van der Waals surface area contributed by atoms with E-state index in [1.165, 1.54) is 48.5 Å². The van der Waals surface area contributed by atoms with E-state index in [0.717, 1.165) is 0 Å². The second kappa shape index (κ2) is 7.33. The van der Waals surface area contributed by atoms with Crippen molar-refractivity contribution in [3.8, 4) is 0 Å². The molecule has 0 amide bonds. The highest BCUT2D eigenvalue weighted by atomic mass is 32.3. The zero-order valence-electron chi connectivity index (χ0n) is 14.5. The molecular weight excluding hydrogens is 391 g/mol. The first-order valence-electron chi connectivity index (χ1n) is 8.69. The predicted octanol–water partition coefficient (Wildman–Crippen LogP) is 3.11. The van der Waals surface area contributed by atoms with Crippen LogP contribution >= 0.6 is 0 Å². The third-order valence-electron chi connectivity index (χ3n) is 5.01. The van der Waals surface area contributed by atoms with Gasteiger partial charge in [0.2, 0.25) is 19.7 Å². The molecule has 0 heterocycles. The van der Waals surface area contributed by atoms with E-state index in [9.17, 15) is 21.9 Å². The molecule has 1 fully saturated rings. The molecule has 0 aromatic heterocycles. The van der Waals surface area contributed by atoms with E-state index in [1.807, 2.05) is 0 Å². The number of halogens is 1. The maximum Gasteiger partial charge on any atom is 0.322 e. The fraction of sp³-hybridized carbons (Fsp3) is 0.368. The quantitative estimate of drug-likeness (QED) is 0.815. The van der Waals surface area contributed by atoms with Crippen molar-refractivity contribution in [1.82, 2.24) is 0 Å². The third-order valence-corrected chi connectivity index (χ3v) is 10.2. The molecule has 2 aromatic carbocycles. The molecule has 2 unspecified atom stereocenters. The van der Waals surface area contributed by atoms with Gasteiger partial charge in [-0.25, -0.2) is 21.2 Å². The topological polar surface area (TPSA) is 88.5 Å². The lowest BCUT2D eigenvalue weighted by Crippen LogP contribution is -2.53. The molecule has 0 radical (unpaired) electrons. The van der Waals surface area contributed by atoms with Crippen LogP contribution in [0.15, 0.2) is 70.5 Å². The lowest BCUT2D eigenvalue weighted by atomic mass is 9.87. The van der Waals surface area contributed by atoms with E-state index in [4.69, 9.17) is 0 Å². The Balaban J connectivity index is 2.28. The van der Waals surface area contributed by atoms with Gasteiger partial charge in [-0.3, -0.25) is 0 Å². The molecule has 146 valence electrons. The average Bonchev–Trinajstić information content (AvgIpc) is 2.69. The Morgan fingerprint density at radius 3 is 1.59 bits per heavy atom. The smallest absolute Gasteiger partial charge is 0.322 e. The van der Waals surface area contributed by atoms with Gasteiger partial charge in [0, 0.05) is 5.92 Å². The van der Waals surface area contributed by atoms with Gasteiger partial charge >= 0.3 is 4.33 Å². The first-order chi connectivity index (χ1) is 12.7. The van der Waals surface area contributed by atoms with Gasteiger partial charge in [-0.1, -0.05) is 49.2 Å². The van der Waals surface area contributed by atoms with Crippen molar-refractivity contribution in [1.29, 1.82) is 0 Å². The second-order valence-electron chi connectivity index (χ2n) is 6.67. The molecule has 3 rings (SSSR count). The molecule has 1 saturated carbocycles. The molecule has 1 aliphatic rings. The normalized spacial score (nSPS) is 21.7. The highest BCUT2D eigenvalue weighted by Gasteiger charge is 2.64. The Bertz CT molecular complexity index is 919. The van der Waals surface area contributed by atoms with Gasteiger partial charge in [-0.2, -0.15) is 0 Å². The van der Waals surface area contributed by atoms with Crippen LogP contribution in [0.3, 0.4) is 0 Å². The van der Waals surface area contributed by atoms with Crippen LogP contribution < -0.4 is 0 Å². The minimum absolute atomic E-state index is 0.0320. The van der Waals surface area contributed by atoms with Crippen LogP contribution in [0, 0.1) is 5.92 Å². The van der Waals surface area contributed by atoms with E-state index in [0.29, 0.717) is 12.8 Å². The van der Waals surface area contributed by atoms with Crippen molar-refractivity contribution in [2.75, 3.05) is 0 Å². The van der Waals surface area contributed by atoms with Crippen LogP contribution in [0.1, 0.15) is 25.7 Å². The molecule has 0 saturated heterocycles. The molecule has 5 nitrogen and oxygen atoms in total. The lowest BCUT2D eigenvalue weighted by Gasteiger charge is -2.38. The van der Waals surface area contributed by atoms with Crippen LogP contribution in [-0.4, -0.2) is 32.4 Å². The summed E-state index contributed by atoms with van der Waals surface area (Å²) < 4.78 is 65.9. The Labute approximate surface area is 158 Å². The Morgan fingerprint density at radius 1 is 0.778 bits per heavy atom. The molecular formula is C19H21FO5S2. The zero-order valence-corrected chi connectivity index (χ0v) is 16.2. The van der Waals surface area contributed by atoms with Gasteiger partial charge in [0.25, 0.3) is 0 Å². The number of hydrogen-bond donors (Lipinski definition) is 1. The maximum absolute atomic E-state index is 16.5. The van der Waals surface area contributed by atoms with Crippen molar-refractivity contribution in [2.45, 2.75) is 45.9 Å². The molecule has 0 bridgehead atoms. The number of aliphatic hydroxyl groups is 1. The van der Waals surface area contributed by atoms with Crippen LogP contribution in [0.25, 0.3) is 0 Å². The fourth-order valence-corrected chi connectivity index (χ4v) is 8.33. The van der Waals surface area contributed by atoms with E-state index >= 15 is 4.39 Å². The van der Waals surface area contributed by atoms with Gasteiger partial charge in [0.15, 0.2) is 0 Å². The summed E-state index contributed by atoms with van der Waals surface area (Å²) in [4.78, 5) is -0.852. The largest absolute Gasteiger partial charge is 0.393 e. The molecule has 1 N–H and O–H groups in total. The van der Waals surface area contributed by atoms with E-state index in [1.54, 1.807) is 12.1 Å². The highest BCUT2D eigenvalue weighted by Crippen LogP contribution is 2.47. The second-order valence-corrected chi connectivity index (χ2v) is 11.1. The molecule has 1 aliphatic carbocycles. The third kappa shape index (κ3) is 3.19. The molecule has 8 heteroatoms. The van der Waals surface area contributed by atoms with Crippen molar-refractivity contribution in [3.63, 3.8) is 0 Å². The van der Waals surface area contributed by atoms with Gasteiger partial charge in [0.05, 0.1) is 15.9 Å². The van der Waals surface area contributed by atoms with Crippen LogP contribution in [0.5, 0.6) is 0 Å². The van der Waals surface area contributed by atoms with E-state index in [2.05, 4.69) is 0 Å². The number of rotatable bonds is 5. The SMILES string of the molecule is O=S(=O)(c1ccccc1)C(F)(C1CCCCC1O)S(=O)(=O)c1ccccc1. The number of alkyl halides is 1. The summed E-state index contributed by atoms with van der Waals surface area (Å²) in [6.45, 7) is 0. The van der Waals surface area contributed by atoms with Gasteiger partial charge in [-0.05, 0) is 37.1 Å². The monoisotopic (exact) mass is 412 g/mol. The summed E-state index contributed by atoms with van der Waals surface area (Å²) in [7, 11) is -9.91. The molecule has 0 spiro atoms. The number of hydrogen-bond acceptors (Lipinski definition) is 5. The van der Waals surface area contributed by atoms with Crippen molar-refractivity contribution < 1.29 is 26.3 Å². The minimum atomic E-state index is -4.95. The average molecular weight is 413 g/mol. The number of aliphatic hydroxyl groups excluding tert-OH is 1. The van der Waals surface area contributed by atoms with Crippen LogP contribution in [0.2, 0.25) is 0 Å². The Hall–Kier alpha value is -1.77. The van der Waals surface area contributed by atoms with Gasteiger partial charge < -0.3 is 5.11 Å². The lowest BCUT2D eigenvalue weighted by molar-refractivity contribution is 0.0322. The molecule has 0 aliphatic heterocycles. The molecule has 2 aromatic rings.